The Labute approximate surface area is 90.9 Å². The van der Waals surface area contributed by atoms with E-state index in [1.54, 1.807) is 0 Å². The van der Waals surface area contributed by atoms with Crippen molar-refractivity contribution in [3.8, 4) is 0 Å². The summed E-state index contributed by atoms with van der Waals surface area (Å²) in [4.78, 5) is 15.1. The van der Waals surface area contributed by atoms with Crippen molar-refractivity contribution in [1.29, 1.82) is 0 Å². The summed E-state index contributed by atoms with van der Waals surface area (Å²) < 4.78 is 0. The predicted octanol–water partition coefficient (Wildman–Crippen LogP) is 0.487. The number of hydrogen-bond acceptors (Lipinski definition) is 3. The van der Waals surface area contributed by atoms with Gasteiger partial charge in [0, 0.05) is 31.1 Å². The van der Waals surface area contributed by atoms with Gasteiger partial charge in [0.1, 0.15) is 0 Å². The van der Waals surface area contributed by atoms with Crippen LogP contribution in [0.2, 0.25) is 0 Å². The molecule has 0 atom stereocenters. The first-order valence-corrected chi connectivity index (χ1v) is 5.69. The molecule has 15 heavy (non-hydrogen) atoms. The van der Waals surface area contributed by atoms with E-state index in [-0.39, 0.29) is 6.54 Å². The van der Waals surface area contributed by atoms with Crippen LogP contribution in [0.25, 0.3) is 0 Å². The Hall–Kier alpha value is -0.610. The molecule has 2 aliphatic heterocycles. The van der Waals surface area contributed by atoms with E-state index < -0.39 is 5.97 Å². The number of rotatable bonds is 3. The van der Waals surface area contributed by atoms with Gasteiger partial charge in [0.15, 0.2) is 0 Å². The van der Waals surface area contributed by atoms with Crippen molar-refractivity contribution in [3.63, 3.8) is 0 Å². The molecule has 1 N–H and O–H groups in total. The van der Waals surface area contributed by atoms with Crippen molar-refractivity contribution < 1.29 is 9.90 Å². The number of carboxylic acid groups (broad SMARTS) is 1. The fraction of sp³-hybridized carbons (Fsp3) is 0.909. The molecule has 86 valence electrons. The van der Waals surface area contributed by atoms with Gasteiger partial charge in [0.25, 0.3) is 0 Å². The Balaban J connectivity index is 1.81. The summed E-state index contributed by atoms with van der Waals surface area (Å²) in [5, 5.41) is 8.67. The van der Waals surface area contributed by atoms with Crippen molar-refractivity contribution in [1.82, 2.24) is 9.80 Å². The van der Waals surface area contributed by atoms with Crippen LogP contribution in [0, 0.1) is 5.41 Å². The van der Waals surface area contributed by atoms with Crippen molar-refractivity contribution in [2.24, 2.45) is 5.41 Å². The second kappa shape index (κ2) is 3.76. The van der Waals surface area contributed by atoms with Gasteiger partial charge in [-0.2, -0.15) is 0 Å². The van der Waals surface area contributed by atoms with E-state index in [9.17, 15) is 4.79 Å². The summed E-state index contributed by atoms with van der Waals surface area (Å²) in [5.74, 6) is -0.705. The average molecular weight is 212 g/mol. The topological polar surface area (TPSA) is 43.8 Å². The summed E-state index contributed by atoms with van der Waals surface area (Å²) in [7, 11) is 0. The van der Waals surface area contributed by atoms with Gasteiger partial charge in [-0.3, -0.25) is 9.69 Å². The van der Waals surface area contributed by atoms with E-state index in [2.05, 4.69) is 18.7 Å². The van der Waals surface area contributed by atoms with Crippen LogP contribution in [0.4, 0.5) is 0 Å². The maximum Gasteiger partial charge on any atom is 0.317 e. The summed E-state index contributed by atoms with van der Waals surface area (Å²) in [6.45, 7) is 8.95. The fourth-order valence-electron chi connectivity index (χ4n) is 2.87. The maximum atomic E-state index is 10.5. The van der Waals surface area contributed by atoms with Gasteiger partial charge in [0.05, 0.1) is 6.54 Å². The van der Waals surface area contributed by atoms with Gasteiger partial charge < -0.3 is 10.0 Å². The molecular weight excluding hydrogens is 192 g/mol. The molecule has 0 saturated carbocycles. The minimum absolute atomic E-state index is 0.212. The molecule has 0 amide bonds. The van der Waals surface area contributed by atoms with E-state index in [1.807, 2.05) is 4.90 Å². The third-order valence-corrected chi connectivity index (χ3v) is 3.68. The van der Waals surface area contributed by atoms with Gasteiger partial charge in [-0.25, -0.2) is 0 Å². The zero-order valence-corrected chi connectivity index (χ0v) is 9.57. The molecule has 2 heterocycles. The second-order valence-corrected chi connectivity index (χ2v) is 5.35. The van der Waals surface area contributed by atoms with Crippen molar-refractivity contribution >= 4 is 5.97 Å². The van der Waals surface area contributed by atoms with E-state index in [0.717, 1.165) is 19.6 Å². The Morgan fingerprint density at radius 3 is 2.53 bits per heavy atom. The summed E-state index contributed by atoms with van der Waals surface area (Å²) in [6.07, 6.45) is 1.24. The van der Waals surface area contributed by atoms with Crippen LogP contribution in [-0.4, -0.2) is 59.6 Å². The summed E-state index contributed by atoms with van der Waals surface area (Å²) in [6, 6.07) is 0.623. The van der Waals surface area contributed by atoms with Crippen LogP contribution in [0.1, 0.15) is 20.3 Å². The number of hydrogen-bond donors (Lipinski definition) is 1. The molecule has 2 rings (SSSR count). The monoisotopic (exact) mass is 212 g/mol. The SMILES string of the molecule is CC(C)N1CCC2(CN(CC(=O)O)C2)C1. The lowest BCUT2D eigenvalue weighted by atomic mass is 9.79. The first kappa shape index (κ1) is 10.9. The average Bonchev–Trinajstić information content (AvgIpc) is 2.47. The Morgan fingerprint density at radius 1 is 1.40 bits per heavy atom. The summed E-state index contributed by atoms with van der Waals surface area (Å²) >= 11 is 0. The van der Waals surface area contributed by atoms with E-state index in [0.29, 0.717) is 11.5 Å². The normalized spacial score (nSPS) is 26.1. The molecule has 0 unspecified atom stereocenters. The van der Waals surface area contributed by atoms with Crippen LogP contribution in [0.3, 0.4) is 0 Å². The Morgan fingerprint density at radius 2 is 2.07 bits per heavy atom. The van der Waals surface area contributed by atoms with Gasteiger partial charge in [0.2, 0.25) is 0 Å². The first-order chi connectivity index (χ1) is 7.01. The zero-order valence-electron chi connectivity index (χ0n) is 9.57. The third-order valence-electron chi connectivity index (χ3n) is 3.68. The Kier molecular flexibility index (Phi) is 2.73. The molecule has 0 radical (unpaired) electrons. The van der Waals surface area contributed by atoms with Crippen LogP contribution >= 0.6 is 0 Å². The van der Waals surface area contributed by atoms with Gasteiger partial charge in [-0.15, -0.1) is 0 Å². The quantitative estimate of drug-likeness (QED) is 0.739. The maximum absolute atomic E-state index is 10.5. The minimum Gasteiger partial charge on any atom is -0.480 e. The highest BCUT2D eigenvalue weighted by Gasteiger charge is 2.47. The number of likely N-dealkylation sites (tertiary alicyclic amines) is 2. The molecule has 2 saturated heterocycles. The fourth-order valence-corrected chi connectivity index (χ4v) is 2.87. The van der Waals surface area contributed by atoms with Crippen molar-refractivity contribution in [2.45, 2.75) is 26.3 Å². The lowest BCUT2D eigenvalue weighted by Gasteiger charge is -2.47. The molecule has 0 bridgehead atoms. The lowest BCUT2D eigenvalue weighted by molar-refractivity contribution is -0.141. The van der Waals surface area contributed by atoms with Gasteiger partial charge >= 0.3 is 5.97 Å². The number of carbonyl (C=O) groups is 1. The number of nitrogens with zero attached hydrogens (tertiary/aromatic N) is 2. The molecule has 4 nitrogen and oxygen atoms in total. The minimum atomic E-state index is -0.705. The largest absolute Gasteiger partial charge is 0.480 e. The number of aliphatic carboxylic acids is 1. The van der Waals surface area contributed by atoms with Crippen LogP contribution < -0.4 is 0 Å². The van der Waals surface area contributed by atoms with Gasteiger partial charge in [-0.1, -0.05) is 0 Å². The Bertz CT molecular complexity index is 259. The molecular formula is C11H20N2O2. The molecule has 0 aromatic carbocycles. The highest BCUT2D eigenvalue weighted by atomic mass is 16.4. The van der Waals surface area contributed by atoms with Crippen molar-refractivity contribution in [2.75, 3.05) is 32.7 Å². The highest BCUT2D eigenvalue weighted by molar-refractivity contribution is 5.69. The standard InChI is InChI=1S/C11H20N2O2/c1-9(2)13-4-3-11(8-13)6-12(7-11)5-10(14)15/h9H,3-8H2,1-2H3,(H,14,15). The van der Waals surface area contributed by atoms with E-state index >= 15 is 0 Å². The van der Waals surface area contributed by atoms with Crippen molar-refractivity contribution in [3.05, 3.63) is 0 Å². The van der Waals surface area contributed by atoms with Crippen LogP contribution in [0.5, 0.6) is 0 Å². The predicted molar refractivity (Wildman–Crippen MR) is 57.8 cm³/mol. The van der Waals surface area contributed by atoms with Crippen LogP contribution in [0.15, 0.2) is 0 Å². The van der Waals surface area contributed by atoms with E-state index in [4.69, 9.17) is 5.11 Å². The molecule has 0 aromatic heterocycles. The van der Waals surface area contributed by atoms with Gasteiger partial charge in [-0.05, 0) is 26.8 Å². The summed E-state index contributed by atoms with van der Waals surface area (Å²) in [5.41, 5.74) is 0.416. The zero-order chi connectivity index (χ0) is 11.1. The molecule has 2 aliphatic rings. The molecule has 0 aromatic rings. The first-order valence-electron chi connectivity index (χ1n) is 5.69. The third kappa shape index (κ3) is 2.16. The van der Waals surface area contributed by atoms with E-state index in [1.165, 1.54) is 13.0 Å². The molecule has 1 spiro atoms. The smallest absolute Gasteiger partial charge is 0.317 e. The molecule has 4 heteroatoms. The van der Waals surface area contributed by atoms with Crippen LogP contribution in [-0.2, 0) is 4.79 Å². The molecule has 0 aliphatic carbocycles. The second-order valence-electron chi connectivity index (χ2n) is 5.35. The lowest BCUT2D eigenvalue weighted by Crippen LogP contribution is -2.58. The molecule has 2 fully saturated rings. The number of carboxylic acids is 1. The highest BCUT2D eigenvalue weighted by Crippen LogP contribution is 2.39.